The standard InChI is InChI=1S/C10H18N2O5S/c1-2-17-10(16)7(5-18)12-8(13)4-3-6(11)9(14)15/h6-7,18H,2-5,11H2,1H3,(H,12,13)(H,14,15). The normalized spacial score (nSPS) is 13.5. The average Bonchev–Trinajstić information content (AvgIpc) is 2.32. The van der Waals surface area contributed by atoms with Gasteiger partial charge in [-0.2, -0.15) is 12.6 Å². The third-order valence-corrected chi connectivity index (χ3v) is 2.45. The minimum absolute atomic E-state index is 0.00326. The van der Waals surface area contributed by atoms with E-state index < -0.39 is 29.9 Å². The molecule has 8 heteroatoms. The number of amides is 1. The largest absolute Gasteiger partial charge is 0.480 e. The summed E-state index contributed by atoms with van der Waals surface area (Å²) in [6.07, 6.45) is -0.0690. The molecule has 0 saturated carbocycles. The highest BCUT2D eigenvalue weighted by Crippen LogP contribution is 1.98. The molecule has 0 bridgehead atoms. The van der Waals surface area contributed by atoms with Crippen LogP contribution in [0.2, 0.25) is 0 Å². The third-order valence-electron chi connectivity index (χ3n) is 2.09. The molecule has 1 amide bonds. The van der Waals surface area contributed by atoms with Crippen molar-refractivity contribution in [3.63, 3.8) is 0 Å². The summed E-state index contributed by atoms with van der Waals surface area (Å²) in [6, 6.07) is -1.92. The number of ether oxygens (including phenoxy) is 1. The fourth-order valence-electron chi connectivity index (χ4n) is 1.10. The molecule has 0 aromatic heterocycles. The summed E-state index contributed by atoms with van der Waals surface area (Å²) in [5.41, 5.74) is 5.25. The van der Waals surface area contributed by atoms with Crippen molar-refractivity contribution < 1.29 is 24.2 Å². The molecule has 0 rings (SSSR count). The molecule has 4 N–H and O–H groups in total. The number of carbonyl (C=O) groups excluding carboxylic acids is 2. The van der Waals surface area contributed by atoms with E-state index in [1.54, 1.807) is 6.92 Å². The van der Waals surface area contributed by atoms with Gasteiger partial charge < -0.3 is 20.9 Å². The molecule has 18 heavy (non-hydrogen) atoms. The number of esters is 1. The number of carboxylic acids is 1. The Bertz CT molecular complexity index is 311. The maximum Gasteiger partial charge on any atom is 0.329 e. The first-order chi connectivity index (χ1) is 8.42. The zero-order valence-electron chi connectivity index (χ0n) is 10.1. The number of carbonyl (C=O) groups is 3. The van der Waals surface area contributed by atoms with E-state index in [4.69, 9.17) is 15.6 Å². The van der Waals surface area contributed by atoms with Gasteiger partial charge in [0.05, 0.1) is 6.61 Å². The molecule has 0 aromatic rings. The van der Waals surface area contributed by atoms with Gasteiger partial charge in [-0.3, -0.25) is 9.59 Å². The lowest BCUT2D eigenvalue weighted by atomic mass is 10.1. The first-order valence-corrected chi connectivity index (χ1v) is 6.10. The molecule has 0 radical (unpaired) electrons. The summed E-state index contributed by atoms with van der Waals surface area (Å²) >= 11 is 3.93. The quantitative estimate of drug-likeness (QED) is 0.339. The topological polar surface area (TPSA) is 119 Å². The molecule has 0 saturated heterocycles. The first kappa shape index (κ1) is 16.7. The number of rotatable bonds is 8. The Hall–Kier alpha value is -1.28. The number of nitrogens with one attached hydrogen (secondary N) is 1. The smallest absolute Gasteiger partial charge is 0.329 e. The van der Waals surface area contributed by atoms with Gasteiger partial charge in [-0.15, -0.1) is 0 Å². The van der Waals surface area contributed by atoms with Gasteiger partial charge >= 0.3 is 11.9 Å². The molecule has 7 nitrogen and oxygen atoms in total. The number of thiol groups is 1. The van der Waals surface area contributed by atoms with Crippen LogP contribution < -0.4 is 11.1 Å². The third kappa shape index (κ3) is 6.45. The minimum Gasteiger partial charge on any atom is -0.480 e. The van der Waals surface area contributed by atoms with Crippen molar-refractivity contribution in [2.24, 2.45) is 5.73 Å². The average molecular weight is 278 g/mol. The van der Waals surface area contributed by atoms with E-state index in [9.17, 15) is 14.4 Å². The van der Waals surface area contributed by atoms with Crippen molar-refractivity contribution in [1.29, 1.82) is 0 Å². The molecule has 2 unspecified atom stereocenters. The molecular weight excluding hydrogens is 260 g/mol. The molecule has 0 aliphatic heterocycles. The van der Waals surface area contributed by atoms with Crippen LogP contribution in [0.25, 0.3) is 0 Å². The van der Waals surface area contributed by atoms with Gasteiger partial charge in [0, 0.05) is 12.2 Å². The summed E-state index contributed by atoms with van der Waals surface area (Å²) in [4.78, 5) is 33.2. The second kappa shape index (κ2) is 8.76. The lowest BCUT2D eigenvalue weighted by Gasteiger charge is -2.15. The Morgan fingerprint density at radius 3 is 2.50 bits per heavy atom. The minimum atomic E-state index is -1.17. The highest BCUT2D eigenvalue weighted by Gasteiger charge is 2.21. The summed E-state index contributed by atoms with van der Waals surface area (Å²) in [5.74, 6) is -2.09. The van der Waals surface area contributed by atoms with Gasteiger partial charge in [-0.05, 0) is 13.3 Å². The molecule has 0 spiro atoms. The van der Waals surface area contributed by atoms with Crippen LogP contribution in [-0.2, 0) is 19.1 Å². The highest BCUT2D eigenvalue weighted by molar-refractivity contribution is 7.80. The Morgan fingerprint density at radius 1 is 1.44 bits per heavy atom. The summed E-state index contributed by atoms with van der Waals surface area (Å²) in [6.45, 7) is 1.87. The monoisotopic (exact) mass is 278 g/mol. The predicted octanol–water partition coefficient (Wildman–Crippen LogP) is -0.844. The van der Waals surface area contributed by atoms with Crippen molar-refractivity contribution in [3.8, 4) is 0 Å². The van der Waals surface area contributed by atoms with Crippen molar-refractivity contribution in [1.82, 2.24) is 5.32 Å². The van der Waals surface area contributed by atoms with E-state index in [2.05, 4.69) is 17.9 Å². The van der Waals surface area contributed by atoms with E-state index in [1.807, 2.05) is 0 Å². The fraction of sp³-hybridized carbons (Fsp3) is 0.700. The van der Waals surface area contributed by atoms with Crippen LogP contribution >= 0.6 is 12.6 Å². The maximum atomic E-state index is 11.4. The Morgan fingerprint density at radius 2 is 2.06 bits per heavy atom. The van der Waals surface area contributed by atoms with Gasteiger partial charge in [0.2, 0.25) is 5.91 Å². The van der Waals surface area contributed by atoms with Gasteiger partial charge in [-0.25, -0.2) is 4.79 Å². The Kier molecular flexibility index (Phi) is 8.14. The summed E-state index contributed by atoms with van der Waals surface area (Å²) < 4.78 is 4.74. The fourth-order valence-corrected chi connectivity index (χ4v) is 1.34. The predicted molar refractivity (Wildman–Crippen MR) is 67.3 cm³/mol. The van der Waals surface area contributed by atoms with E-state index in [0.717, 1.165) is 0 Å². The van der Waals surface area contributed by atoms with Crippen LogP contribution in [0.3, 0.4) is 0 Å². The number of carboxylic acid groups (broad SMARTS) is 1. The second-order valence-electron chi connectivity index (χ2n) is 3.54. The lowest BCUT2D eigenvalue weighted by molar-refractivity contribution is -0.146. The van der Waals surface area contributed by atoms with Crippen LogP contribution in [-0.4, -0.2) is 47.4 Å². The van der Waals surface area contributed by atoms with Gasteiger partial charge in [-0.1, -0.05) is 0 Å². The zero-order chi connectivity index (χ0) is 14.1. The molecule has 0 fully saturated rings. The van der Waals surface area contributed by atoms with Gasteiger partial charge in [0.25, 0.3) is 0 Å². The van der Waals surface area contributed by atoms with Crippen molar-refractivity contribution >= 4 is 30.5 Å². The number of hydrogen-bond acceptors (Lipinski definition) is 6. The lowest BCUT2D eigenvalue weighted by Crippen LogP contribution is -2.43. The van der Waals surface area contributed by atoms with Crippen LogP contribution in [0.15, 0.2) is 0 Å². The second-order valence-corrected chi connectivity index (χ2v) is 3.90. The Balaban J connectivity index is 4.12. The summed E-state index contributed by atoms with van der Waals surface area (Å²) in [5, 5.41) is 10.9. The molecular formula is C10H18N2O5S. The van der Waals surface area contributed by atoms with Crippen LogP contribution in [0.5, 0.6) is 0 Å². The van der Waals surface area contributed by atoms with E-state index >= 15 is 0 Å². The zero-order valence-corrected chi connectivity index (χ0v) is 11.0. The Labute approximate surface area is 110 Å². The number of nitrogens with two attached hydrogens (primary N) is 1. The van der Waals surface area contributed by atoms with E-state index in [-0.39, 0.29) is 25.2 Å². The number of aliphatic carboxylic acids is 1. The molecule has 0 aliphatic rings. The molecule has 0 aliphatic carbocycles. The van der Waals surface area contributed by atoms with Gasteiger partial charge in [0.1, 0.15) is 12.1 Å². The van der Waals surface area contributed by atoms with Crippen LogP contribution in [0, 0.1) is 0 Å². The number of hydrogen-bond donors (Lipinski definition) is 4. The first-order valence-electron chi connectivity index (χ1n) is 5.47. The van der Waals surface area contributed by atoms with Gasteiger partial charge in [0.15, 0.2) is 0 Å². The summed E-state index contributed by atoms with van der Waals surface area (Å²) in [7, 11) is 0. The van der Waals surface area contributed by atoms with E-state index in [0.29, 0.717) is 0 Å². The van der Waals surface area contributed by atoms with Crippen molar-refractivity contribution in [2.75, 3.05) is 12.4 Å². The maximum absolute atomic E-state index is 11.4. The molecule has 104 valence electrons. The molecule has 2 atom stereocenters. The van der Waals surface area contributed by atoms with Crippen molar-refractivity contribution in [2.45, 2.75) is 31.8 Å². The van der Waals surface area contributed by atoms with Crippen molar-refractivity contribution in [3.05, 3.63) is 0 Å². The van der Waals surface area contributed by atoms with E-state index in [1.165, 1.54) is 0 Å². The molecule has 0 aromatic carbocycles. The van der Waals surface area contributed by atoms with Crippen LogP contribution in [0.1, 0.15) is 19.8 Å². The molecule has 0 heterocycles. The highest BCUT2D eigenvalue weighted by atomic mass is 32.1. The van der Waals surface area contributed by atoms with Crippen LogP contribution in [0.4, 0.5) is 0 Å². The SMILES string of the molecule is CCOC(=O)C(CS)NC(=O)CCC(N)C(=O)O.